The Kier molecular flexibility index (Phi) is 5.94. The van der Waals surface area contributed by atoms with E-state index < -0.39 is 28.9 Å². The summed E-state index contributed by atoms with van der Waals surface area (Å²) in [4.78, 5) is 38.9. The van der Waals surface area contributed by atoms with Crippen LogP contribution in [-0.4, -0.2) is 15.0 Å². The normalized spacial score (nSPS) is 11.6. The average molecular weight is 473 g/mol. The molecule has 0 radical (unpaired) electrons. The van der Waals surface area contributed by atoms with Crippen molar-refractivity contribution in [2.75, 3.05) is 0 Å². The molecule has 1 amide bonds. The number of halogens is 3. The van der Waals surface area contributed by atoms with E-state index in [1.807, 2.05) is 30.3 Å². The number of nitrogens with one attached hydrogen (secondary N) is 1. The molecule has 4 rings (SSSR count). The van der Waals surface area contributed by atoms with Crippen LogP contribution in [0.25, 0.3) is 10.2 Å². The van der Waals surface area contributed by atoms with Crippen molar-refractivity contribution >= 4 is 27.5 Å². The minimum Gasteiger partial charge on any atom is -0.347 e. The Bertz CT molecular complexity index is 1440. The summed E-state index contributed by atoms with van der Waals surface area (Å²) < 4.78 is 40.5. The molecule has 0 spiro atoms. The van der Waals surface area contributed by atoms with E-state index in [4.69, 9.17) is 0 Å². The first kappa shape index (κ1) is 22.5. The van der Waals surface area contributed by atoms with Crippen molar-refractivity contribution < 1.29 is 18.0 Å². The van der Waals surface area contributed by atoms with Gasteiger partial charge >= 0.3 is 11.9 Å². The molecule has 0 saturated heterocycles. The topological polar surface area (TPSA) is 73.1 Å². The van der Waals surface area contributed by atoms with Gasteiger partial charge in [-0.15, -0.1) is 11.3 Å². The third-order valence-corrected chi connectivity index (χ3v) is 6.36. The second kappa shape index (κ2) is 8.70. The fourth-order valence-corrected chi connectivity index (χ4v) is 4.40. The lowest BCUT2D eigenvalue weighted by Crippen LogP contribution is -2.38. The summed E-state index contributed by atoms with van der Waals surface area (Å²) in [6.45, 7) is 0.121. The summed E-state index contributed by atoms with van der Waals surface area (Å²) in [6.07, 6.45) is -4.43. The molecular weight excluding hydrogens is 455 g/mol. The van der Waals surface area contributed by atoms with Crippen LogP contribution in [0, 0.1) is 0 Å². The summed E-state index contributed by atoms with van der Waals surface area (Å²) in [6, 6.07) is 15.0. The Labute approximate surface area is 189 Å². The highest BCUT2D eigenvalue weighted by atomic mass is 32.1. The van der Waals surface area contributed by atoms with Crippen LogP contribution in [0.15, 0.2) is 70.3 Å². The highest BCUT2D eigenvalue weighted by Crippen LogP contribution is 2.29. The van der Waals surface area contributed by atoms with Crippen LogP contribution in [0.4, 0.5) is 13.2 Å². The Balaban J connectivity index is 1.58. The predicted molar refractivity (Wildman–Crippen MR) is 119 cm³/mol. The molecule has 2 aromatic heterocycles. The summed E-state index contributed by atoms with van der Waals surface area (Å²) in [7, 11) is 1.53. The van der Waals surface area contributed by atoms with E-state index in [0.717, 1.165) is 33.6 Å². The van der Waals surface area contributed by atoms with Gasteiger partial charge in [-0.3, -0.25) is 18.7 Å². The first-order valence-electron chi connectivity index (χ1n) is 9.87. The largest absolute Gasteiger partial charge is 0.416 e. The first-order chi connectivity index (χ1) is 15.6. The van der Waals surface area contributed by atoms with E-state index >= 15 is 0 Å². The number of carbonyl (C=O) groups is 1. The smallest absolute Gasteiger partial charge is 0.347 e. The molecule has 0 aliphatic heterocycles. The zero-order valence-corrected chi connectivity index (χ0v) is 18.2. The van der Waals surface area contributed by atoms with E-state index in [-0.39, 0.29) is 23.4 Å². The molecule has 0 fully saturated rings. The van der Waals surface area contributed by atoms with Crippen LogP contribution in [0.1, 0.15) is 26.4 Å². The van der Waals surface area contributed by atoms with Crippen LogP contribution in [0.5, 0.6) is 0 Å². The van der Waals surface area contributed by atoms with Crippen molar-refractivity contribution in [1.82, 2.24) is 14.5 Å². The number of fused-ring (bicyclic) bond motifs is 1. The lowest BCUT2D eigenvalue weighted by molar-refractivity contribution is -0.137. The highest BCUT2D eigenvalue weighted by Gasteiger charge is 2.29. The Morgan fingerprint density at radius 1 is 1.00 bits per heavy atom. The molecule has 10 heteroatoms. The highest BCUT2D eigenvalue weighted by molar-refractivity contribution is 7.20. The van der Waals surface area contributed by atoms with Crippen LogP contribution in [-0.2, 0) is 26.3 Å². The molecule has 0 unspecified atom stereocenters. The SMILES string of the molecule is Cn1c(=O)n(Cc2ccccc2)c(=O)c2cc(C(=O)NCc3ccc(C(F)(F)F)cc3)sc21. The number of thiophene rings is 1. The van der Waals surface area contributed by atoms with Gasteiger partial charge in [-0.1, -0.05) is 42.5 Å². The zero-order chi connectivity index (χ0) is 23.8. The lowest BCUT2D eigenvalue weighted by Gasteiger charge is -2.08. The van der Waals surface area contributed by atoms with Gasteiger partial charge in [0.2, 0.25) is 0 Å². The molecule has 0 aliphatic rings. The minimum atomic E-state index is -4.43. The summed E-state index contributed by atoms with van der Waals surface area (Å²) in [5.74, 6) is -0.488. The van der Waals surface area contributed by atoms with Gasteiger partial charge in [0, 0.05) is 13.6 Å². The van der Waals surface area contributed by atoms with Crippen molar-refractivity contribution in [3.05, 3.63) is 103 Å². The van der Waals surface area contributed by atoms with Crippen molar-refractivity contribution in [3.8, 4) is 0 Å². The molecule has 2 aromatic carbocycles. The number of nitrogens with zero attached hydrogens (tertiary/aromatic N) is 2. The number of alkyl halides is 3. The van der Waals surface area contributed by atoms with Crippen LogP contribution in [0.3, 0.4) is 0 Å². The zero-order valence-electron chi connectivity index (χ0n) is 17.3. The second-order valence-electron chi connectivity index (χ2n) is 7.43. The number of carbonyl (C=O) groups excluding carboxylic acids is 1. The molecule has 170 valence electrons. The Hall–Kier alpha value is -3.66. The number of amides is 1. The molecule has 6 nitrogen and oxygen atoms in total. The van der Waals surface area contributed by atoms with Gasteiger partial charge in [0.25, 0.3) is 11.5 Å². The van der Waals surface area contributed by atoms with Crippen molar-refractivity contribution in [2.45, 2.75) is 19.3 Å². The Morgan fingerprint density at radius 2 is 1.67 bits per heavy atom. The van der Waals surface area contributed by atoms with Gasteiger partial charge in [-0.05, 0) is 29.3 Å². The fraction of sp³-hybridized carbons (Fsp3) is 0.174. The van der Waals surface area contributed by atoms with Gasteiger partial charge in [0.15, 0.2) is 0 Å². The van der Waals surface area contributed by atoms with Crippen molar-refractivity contribution in [1.29, 1.82) is 0 Å². The number of aromatic nitrogens is 2. The molecule has 0 saturated carbocycles. The molecule has 33 heavy (non-hydrogen) atoms. The third-order valence-electron chi connectivity index (χ3n) is 5.15. The molecule has 0 atom stereocenters. The van der Waals surface area contributed by atoms with Gasteiger partial charge in [-0.25, -0.2) is 4.79 Å². The van der Waals surface area contributed by atoms with Crippen LogP contribution >= 0.6 is 11.3 Å². The van der Waals surface area contributed by atoms with Crippen LogP contribution < -0.4 is 16.6 Å². The Morgan fingerprint density at radius 3 is 2.30 bits per heavy atom. The third kappa shape index (κ3) is 4.61. The standard InChI is InChI=1S/C23H18F3N3O3S/c1-28-21-17(20(31)29(22(28)32)13-15-5-3-2-4-6-15)11-18(33-21)19(30)27-12-14-7-9-16(10-8-14)23(24,25)26/h2-11H,12-13H2,1H3,(H,27,30). The molecule has 0 aliphatic carbocycles. The number of aryl methyl sites for hydroxylation is 1. The van der Waals surface area contributed by atoms with E-state index in [9.17, 15) is 27.6 Å². The second-order valence-corrected chi connectivity index (χ2v) is 8.46. The fourth-order valence-electron chi connectivity index (χ4n) is 3.38. The van der Waals surface area contributed by atoms with Gasteiger partial charge < -0.3 is 5.32 Å². The average Bonchev–Trinajstić information content (AvgIpc) is 3.25. The predicted octanol–water partition coefficient (Wildman–Crippen LogP) is 3.76. The minimum absolute atomic E-state index is 0.0163. The van der Waals surface area contributed by atoms with E-state index in [2.05, 4.69) is 5.32 Å². The maximum Gasteiger partial charge on any atom is 0.416 e. The molecular formula is C23H18F3N3O3S. The van der Waals surface area contributed by atoms with Gasteiger partial charge in [0.05, 0.1) is 22.4 Å². The number of rotatable bonds is 5. The molecule has 2 heterocycles. The molecule has 1 N–H and O–H groups in total. The van der Waals surface area contributed by atoms with Crippen LogP contribution in [0.2, 0.25) is 0 Å². The summed E-state index contributed by atoms with van der Waals surface area (Å²) >= 11 is 1.01. The molecule has 4 aromatic rings. The van der Waals surface area contributed by atoms with Crippen molar-refractivity contribution in [3.63, 3.8) is 0 Å². The maximum absolute atomic E-state index is 13.0. The van der Waals surface area contributed by atoms with Gasteiger partial charge in [0.1, 0.15) is 4.83 Å². The molecule has 0 bridgehead atoms. The number of hydrogen-bond acceptors (Lipinski definition) is 4. The maximum atomic E-state index is 13.0. The van der Waals surface area contributed by atoms with E-state index in [0.29, 0.717) is 10.4 Å². The van der Waals surface area contributed by atoms with Crippen molar-refractivity contribution in [2.24, 2.45) is 7.05 Å². The first-order valence-corrected chi connectivity index (χ1v) is 10.7. The number of benzene rings is 2. The van der Waals surface area contributed by atoms with Gasteiger partial charge in [-0.2, -0.15) is 13.2 Å². The summed E-state index contributed by atoms with van der Waals surface area (Å²) in [5, 5.41) is 2.88. The quantitative estimate of drug-likeness (QED) is 0.480. The van der Waals surface area contributed by atoms with E-state index in [1.54, 1.807) is 0 Å². The summed E-state index contributed by atoms with van der Waals surface area (Å²) in [5.41, 5.74) is -0.462. The van der Waals surface area contributed by atoms with E-state index in [1.165, 1.54) is 29.8 Å². The lowest BCUT2D eigenvalue weighted by atomic mass is 10.1. The number of hydrogen-bond donors (Lipinski definition) is 1. The monoisotopic (exact) mass is 473 g/mol.